The van der Waals surface area contributed by atoms with Crippen LogP contribution in [-0.2, 0) is 9.53 Å². The molecule has 1 unspecified atom stereocenters. The van der Waals surface area contributed by atoms with E-state index in [1.807, 2.05) is 23.1 Å². The lowest BCUT2D eigenvalue weighted by Gasteiger charge is -2.33. The van der Waals surface area contributed by atoms with E-state index in [2.05, 4.69) is 5.32 Å². The molecule has 2 fully saturated rings. The van der Waals surface area contributed by atoms with Gasteiger partial charge in [-0.15, -0.1) is 36.2 Å². The number of nitrogens with zero attached hydrogens (tertiary/aromatic N) is 2. The highest BCUT2D eigenvalue weighted by Gasteiger charge is 2.27. The Hall–Kier alpha value is -0.630. The molecule has 9 heteroatoms. The third kappa shape index (κ3) is 5.46. The minimum atomic E-state index is 0. The lowest BCUT2D eigenvalue weighted by molar-refractivity contribution is -0.133. The third-order valence-corrected chi connectivity index (χ3v) is 6.42. The smallest absolute Gasteiger partial charge is 0.224 e. The highest BCUT2D eigenvalue weighted by Crippen LogP contribution is 2.34. The molecule has 5 nitrogen and oxygen atoms in total. The molecule has 1 atom stereocenters. The molecular weight excluding hydrogens is 429 g/mol. The molecule has 150 valence electrons. The lowest BCUT2D eigenvalue weighted by Crippen LogP contribution is -2.46. The van der Waals surface area contributed by atoms with Crippen molar-refractivity contribution in [2.45, 2.75) is 31.2 Å². The van der Waals surface area contributed by atoms with Gasteiger partial charge >= 0.3 is 0 Å². The van der Waals surface area contributed by atoms with Crippen LogP contribution in [0.1, 0.15) is 30.2 Å². The second-order valence-electron chi connectivity index (χ2n) is 6.75. The minimum Gasteiger partial charge on any atom is -0.378 e. The number of fused-ring (bicyclic) bond motifs is 1. The number of carbonyl (C=O) groups excluding carboxylic acids is 1. The van der Waals surface area contributed by atoms with Crippen molar-refractivity contribution in [3.63, 3.8) is 0 Å². The van der Waals surface area contributed by atoms with E-state index in [9.17, 15) is 4.79 Å². The number of piperidine rings is 1. The molecule has 2 aromatic rings. The van der Waals surface area contributed by atoms with Gasteiger partial charge in [-0.25, -0.2) is 4.98 Å². The molecule has 4 rings (SSSR count). The van der Waals surface area contributed by atoms with Crippen molar-refractivity contribution >= 4 is 63.9 Å². The van der Waals surface area contributed by atoms with Gasteiger partial charge in [-0.2, -0.15) is 0 Å². The van der Waals surface area contributed by atoms with E-state index < -0.39 is 0 Å². The average molecular weight is 453 g/mol. The van der Waals surface area contributed by atoms with Crippen LogP contribution in [0.2, 0.25) is 5.02 Å². The molecule has 1 aromatic heterocycles. The van der Waals surface area contributed by atoms with Gasteiger partial charge in [0.2, 0.25) is 5.91 Å². The van der Waals surface area contributed by atoms with Gasteiger partial charge in [-0.1, -0.05) is 11.6 Å². The second kappa shape index (κ2) is 10.2. The molecule has 27 heavy (non-hydrogen) atoms. The highest BCUT2D eigenvalue weighted by atomic mass is 35.5. The van der Waals surface area contributed by atoms with Crippen LogP contribution in [0.15, 0.2) is 18.2 Å². The van der Waals surface area contributed by atoms with Crippen molar-refractivity contribution in [3.05, 3.63) is 28.2 Å². The van der Waals surface area contributed by atoms with Gasteiger partial charge in [-0.3, -0.25) is 4.79 Å². The summed E-state index contributed by atoms with van der Waals surface area (Å²) in [4.78, 5) is 19.3. The summed E-state index contributed by atoms with van der Waals surface area (Å²) in [6, 6.07) is 6.04. The first-order valence-electron chi connectivity index (χ1n) is 8.84. The van der Waals surface area contributed by atoms with Crippen molar-refractivity contribution < 1.29 is 9.53 Å². The fourth-order valence-electron chi connectivity index (χ4n) is 3.56. The lowest BCUT2D eigenvalue weighted by atomic mass is 9.97. The summed E-state index contributed by atoms with van der Waals surface area (Å²) in [6.07, 6.45) is 2.49. The summed E-state index contributed by atoms with van der Waals surface area (Å²) in [6.45, 7) is 3.84. The van der Waals surface area contributed by atoms with Gasteiger partial charge in [0.25, 0.3) is 0 Å². The van der Waals surface area contributed by atoms with Crippen LogP contribution in [0.25, 0.3) is 10.2 Å². The first kappa shape index (κ1) is 22.7. The van der Waals surface area contributed by atoms with Gasteiger partial charge in [0.05, 0.1) is 28.4 Å². The molecule has 2 aliphatic heterocycles. The van der Waals surface area contributed by atoms with E-state index in [-0.39, 0.29) is 36.8 Å². The normalized spacial score (nSPS) is 20.8. The zero-order chi connectivity index (χ0) is 17.2. The number of benzene rings is 1. The first-order valence-corrected chi connectivity index (χ1v) is 10.0. The van der Waals surface area contributed by atoms with Crippen molar-refractivity contribution in [2.75, 3.05) is 32.8 Å². The topological polar surface area (TPSA) is 54.5 Å². The number of likely N-dealkylation sites (tertiary alicyclic amines) is 1. The van der Waals surface area contributed by atoms with Crippen LogP contribution in [0.5, 0.6) is 0 Å². The molecule has 1 N–H and O–H groups in total. The van der Waals surface area contributed by atoms with E-state index in [4.69, 9.17) is 21.3 Å². The molecule has 1 aromatic carbocycles. The summed E-state index contributed by atoms with van der Waals surface area (Å²) in [5.41, 5.74) is 0.981. The maximum Gasteiger partial charge on any atom is 0.224 e. The van der Waals surface area contributed by atoms with Gasteiger partial charge in [0.15, 0.2) is 0 Å². The first-order chi connectivity index (χ1) is 12.2. The number of hydrogen-bond donors (Lipinski definition) is 1. The van der Waals surface area contributed by atoms with E-state index in [0.29, 0.717) is 18.9 Å². The second-order valence-corrected chi connectivity index (χ2v) is 8.25. The van der Waals surface area contributed by atoms with Crippen molar-refractivity contribution in [1.29, 1.82) is 0 Å². The fourth-order valence-corrected chi connectivity index (χ4v) is 4.84. The summed E-state index contributed by atoms with van der Waals surface area (Å²) < 4.78 is 6.61. The van der Waals surface area contributed by atoms with Crippen LogP contribution in [0.3, 0.4) is 0 Å². The quantitative estimate of drug-likeness (QED) is 0.768. The standard InChI is InChI=1S/C18H22ClN3O2S.2ClH/c19-13-1-2-16-15(9-13)21-18(25-16)12-3-6-22(7-4-12)17(23)10-14-11-24-8-5-20-14;;/h1-2,9,12,14,20H,3-8,10-11H2;2*1H. The molecule has 0 bridgehead atoms. The summed E-state index contributed by atoms with van der Waals surface area (Å²) >= 11 is 7.80. The van der Waals surface area contributed by atoms with E-state index in [1.165, 1.54) is 9.71 Å². The van der Waals surface area contributed by atoms with E-state index >= 15 is 0 Å². The number of morpholine rings is 1. The van der Waals surface area contributed by atoms with Crippen molar-refractivity contribution in [3.8, 4) is 0 Å². The fraction of sp³-hybridized carbons (Fsp3) is 0.556. The Balaban J connectivity index is 0.00000131. The number of aromatic nitrogens is 1. The monoisotopic (exact) mass is 451 g/mol. The molecular formula is C18H24Cl3N3O2S. The van der Waals surface area contributed by atoms with Crippen LogP contribution in [-0.4, -0.2) is 54.7 Å². The molecule has 1 amide bonds. The van der Waals surface area contributed by atoms with Crippen molar-refractivity contribution in [1.82, 2.24) is 15.2 Å². The van der Waals surface area contributed by atoms with Gasteiger partial charge < -0.3 is 15.0 Å². The zero-order valence-electron chi connectivity index (χ0n) is 14.9. The number of hydrogen-bond acceptors (Lipinski definition) is 5. The zero-order valence-corrected chi connectivity index (χ0v) is 18.1. The Bertz CT molecular complexity index is 759. The van der Waals surface area contributed by atoms with Crippen LogP contribution >= 0.6 is 47.8 Å². The minimum absolute atomic E-state index is 0. The molecule has 2 aliphatic rings. The third-order valence-electron chi connectivity index (χ3n) is 4.98. The van der Waals surface area contributed by atoms with Gasteiger partial charge in [0, 0.05) is 43.0 Å². The Kier molecular flexibility index (Phi) is 8.59. The summed E-state index contributed by atoms with van der Waals surface area (Å²) in [7, 11) is 0. The van der Waals surface area contributed by atoms with Gasteiger partial charge in [-0.05, 0) is 31.0 Å². The Labute approximate surface area is 180 Å². The van der Waals surface area contributed by atoms with E-state index in [1.54, 1.807) is 11.3 Å². The summed E-state index contributed by atoms with van der Waals surface area (Å²) in [5.74, 6) is 0.675. The van der Waals surface area contributed by atoms with Crippen LogP contribution < -0.4 is 5.32 Å². The van der Waals surface area contributed by atoms with Gasteiger partial charge in [0.1, 0.15) is 0 Å². The maximum absolute atomic E-state index is 12.5. The molecule has 0 spiro atoms. The molecule has 0 radical (unpaired) electrons. The summed E-state index contributed by atoms with van der Waals surface area (Å²) in [5, 5.41) is 5.25. The predicted octanol–water partition coefficient (Wildman–Crippen LogP) is 3.88. The number of rotatable bonds is 3. The molecule has 0 saturated carbocycles. The maximum atomic E-state index is 12.5. The number of amides is 1. The number of nitrogens with one attached hydrogen (secondary N) is 1. The largest absolute Gasteiger partial charge is 0.378 e. The average Bonchev–Trinajstić information content (AvgIpc) is 3.06. The number of carbonyl (C=O) groups is 1. The molecule has 0 aliphatic carbocycles. The van der Waals surface area contributed by atoms with E-state index in [0.717, 1.165) is 49.6 Å². The highest BCUT2D eigenvalue weighted by molar-refractivity contribution is 7.18. The van der Waals surface area contributed by atoms with Crippen LogP contribution in [0, 0.1) is 0 Å². The number of thiazole rings is 1. The number of ether oxygens (including phenoxy) is 1. The Morgan fingerprint density at radius 2 is 2.11 bits per heavy atom. The van der Waals surface area contributed by atoms with Crippen LogP contribution in [0.4, 0.5) is 0 Å². The Morgan fingerprint density at radius 1 is 1.33 bits per heavy atom. The molecule has 2 saturated heterocycles. The predicted molar refractivity (Wildman–Crippen MR) is 115 cm³/mol. The Morgan fingerprint density at radius 3 is 2.81 bits per heavy atom. The SMILES string of the molecule is Cl.Cl.O=C(CC1COCCN1)N1CCC(c2nc3cc(Cl)ccc3s2)CC1. The number of halogens is 3. The molecule has 3 heterocycles. The van der Waals surface area contributed by atoms with Crippen molar-refractivity contribution in [2.24, 2.45) is 0 Å².